The molecule has 1 N–H and O–H groups in total. The molecule has 1 amide bonds. The van der Waals surface area contributed by atoms with E-state index in [0.29, 0.717) is 0 Å². The molecule has 0 saturated carbocycles. The largest absolute Gasteiger partial charge is 0.465 e. The molecule has 0 bridgehead atoms. The summed E-state index contributed by atoms with van der Waals surface area (Å²) in [7, 11) is 2.35. The second kappa shape index (κ2) is 9.83. The lowest BCUT2D eigenvalue weighted by Crippen LogP contribution is -2.27. The first-order valence-electron chi connectivity index (χ1n) is 8.27. The van der Waals surface area contributed by atoms with Crippen LogP contribution in [-0.2, 0) is 30.3 Å². The first-order valence-corrected chi connectivity index (χ1v) is 8.27. The number of hydrogen-bond acceptors (Lipinski definition) is 8. The maximum Gasteiger partial charge on any atom is 0.339 e. The van der Waals surface area contributed by atoms with Crippen molar-refractivity contribution in [3.8, 4) is 0 Å². The van der Waals surface area contributed by atoms with Gasteiger partial charge in [0.05, 0.1) is 31.0 Å². The minimum absolute atomic E-state index is 0.00401. The van der Waals surface area contributed by atoms with Crippen molar-refractivity contribution in [1.82, 2.24) is 4.57 Å². The fourth-order valence-corrected chi connectivity index (χ4v) is 2.29. The second-order valence-corrected chi connectivity index (χ2v) is 5.62. The average Bonchev–Trinajstić information content (AvgIpc) is 2.72. The molecule has 0 fully saturated rings. The van der Waals surface area contributed by atoms with Gasteiger partial charge in [0.1, 0.15) is 6.54 Å². The van der Waals surface area contributed by atoms with E-state index >= 15 is 0 Å². The molecule has 0 spiro atoms. The van der Waals surface area contributed by atoms with Crippen LogP contribution >= 0.6 is 0 Å². The Bertz CT molecular complexity index is 996. The number of carbonyl (C=O) groups is 4. The normalized spacial score (nSPS) is 10.0. The SMILES string of the molecule is COC(=O)c1ccc(C(=O)OC)c(NC(=O)COC(=O)Cn2ccccc2=O)c1. The van der Waals surface area contributed by atoms with Gasteiger partial charge in [0.15, 0.2) is 6.61 Å². The molecule has 0 atom stereocenters. The van der Waals surface area contributed by atoms with Crippen molar-refractivity contribution in [1.29, 1.82) is 0 Å². The number of anilines is 1. The van der Waals surface area contributed by atoms with Crippen LogP contribution in [0.25, 0.3) is 0 Å². The molecule has 1 heterocycles. The molecule has 0 aliphatic rings. The lowest BCUT2D eigenvalue weighted by molar-refractivity contribution is -0.147. The molecule has 0 aliphatic heterocycles. The molecule has 29 heavy (non-hydrogen) atoms. The molecule has 0 saturated heterocycles. The third-order valence-electron chi connectivity index (χ3n) is 3.68. The topological polar surface area (TPSA) is 130 Å². The Morgan fingerprint density at radius 1 is 1.00 bits per heavy atom. The number of pyridine rings is 1. The molecule has 10 nitrogen and oxygen atoms in total. The summed E-state index contributed by atoms with van der Waals surface area (Å²) >= 11 is 0. The van der Waals surface area contributed by atoms with Gasteiger partial charge in [-0.05, 0) is 24.3 Å². The van der Waals surface area contributed by atoms with Gasteiger partial charge < -0.3 is 24.1 Å². The van der Waals surface area contributed by atoms with Gasteiger partial charge in [0, 0.05) is 12.3 Å². The third-order valence-corrected chi connectivity index (χ3v) is 3.68. The summed E-state index contributed by atoms with van der Waals surface area (Å²) in [5.41, 5.74) is -0.317. The molecule has 0 aliphatic carbocycles. The van der Waals surface area contributed by atoms with Crippen LogP contribution in [0.5, 0.6) is 0 Å². The molecule has 1 aromatic carbocycles. The predicted molar refractivity (Wildman–Crippen MR) is 99.4 cm³/mol. The van der Waals surface area contributed by atoms with Crippen molar-refractivity contribution in [3.05, 3.63) is 64.1 Å². The van der Waals surface area contributed by atoms with E-state index < -0.39 is 36.0 Å². The molecule has 2 rings (SSSR count). The maximum absolute atomic E-state index is 12.1. The van der Waals surface area contributed by atoms with Gasteiger partial charge >= 0.3 is 17.9 Å². The van der Waals surface area contributed by atoms with Crippen molar-refractivity contribution in [3.63, 3.8) is 0 Å². The number of nitrogens with zero attached hydrogens (tertiary/aromatic N) is 1. The zero-order chi connectivity index (χ0) is 21.4. The number of benzene rings is 1. The van der Waals surface area contributed by atoms with Crippen LogP contribution in [0.4, 0.5) is 5.69 Å². The van der Waals surface area contributed by atoms with Crippen LogP contribution in [0.15, 0.2) is 47.4 Å². The lowest BCUT2D eigenvalue weighted by Gasteiger charge is -2.12. The van der Waals surface area contributed by atoms with Crippen LogP contribution in [0.3, 0.4) is 0 Å². The van der Waals surface area contributed by atoms with E-state index in [4.69, 9.17) is 4.74 Å². The molecular formula is C19H18N2O8. The van der Waals surface area contributed by atoms with Crippen molar-refractivity contribution in [2.45, 2.75) is 6.54 Å². The molecule has 152 valence electrons. The fourth-order valence-electron chi connectivity index (χ4n) is 2.29. The molecule has 0 unspecified atom stereocenters. The number of nitrogens with one attached hydrogen (secondary N) is 1. The van der Waals surface area contributed by atoms with Gasteiger partial charge in [-0.25, -0.2) is 9.59 Å². The van der Waals surface area contributed by atoms with E-state index in [0.717, 1.165) is 11.7 Å². The van der Waals surface area contributed by atoms with Crippen molar-refractivity contribution >= 4 is 29.5 Å². The van der Waals surface area contributed by atoms with E-state index in [9.17, 15) is 24.0 Å². The van der Waals surface area contributed by atoms with Gasteiger partial charge in [-0.3, -0.25) is 14.4 Å². The van der Waals surface area contributed by atoms with Crippen LogP contribution < -0.4 is 10.9 Å². The molecule has 0 radical (unpaired) electrons. The second-order valence-electron chi connectivity index (χ2n) is 5.62. The Balaban J connectivity index is 2.06. The molecular weight excluding hydrogens is 384 g/mol. The highest BCUT2D eigenvalue weighted by Gasteiger charge is 2.18. The highest BCUT2D eigenvalue weighted by molar-refractivity contribution is 6.03. The zero-order valence-corrected chi connectivity index (χ0v) is 15.7. The Kier molecular flexibility index (Phi) is 7.24. The van der Waals surface area contributed by atoms with Crippen LogP contribution in [-0.4, -0.2) is 49.2 Å². The Hall–Kier alpha value is -3.95. The Labute approximate surface area is 165 Å². The maximum atomic E-state index is 12.1. The van der Waals surface area contributed by atoms with Crippen molar-refractivity contribution in [2.75, 3.05) is 26.1 Å². The van der Waals surface area contributed by atoms with Crippen molar-refractivity contribution < 1.29 is 33.4 Å². The van der Waals surface area contributed by atoms with Crippen LogP contribution in [0.2, 0.25) is 0 Å². The van der Waals surface area contributed by atoms with Crippen LogP contribution in [0, 0.1) is 0 Å². The third kappa shape index (κ3) is 5.76. The summed E-state index contributed by atoms with van der Waals surface area (Å²) < 4.78 is 15.2. The highest BCUT2D eigenvalue weighted by Crippen LogP contribution is 2.19. The quantitative estimate of drug-likeness (QED) is 0.526. The lowest BCUT2D eigenvalue weighted by atomic mass is 10.1. The van der Waals surface area contributed by atoms with E-state index in [1.165, 1.54) is 43.6 Å². The Morgan fingerprint density at radius 2 is 1.72 bits per heavy atom. The number of rotatable bonds is 7. The first kappa shape index (κ1) is 21.4. The number of methoxy groups -OCH3 is 2. The van der Waals surface area contributed by atoms with E-state index in [1.807, 2.05) is 0 Å². The minimum Gasteiger partial charge on any atom is -0.465 e. The summed E-state index contributed by atoms with van der Waals surface area (Å²) in [6.45, 7) is -1.03. The van der Waals surface area contributed by atoms with E-state index in [2.05, 4.69) is 14.8 Å². The zero-order valence-electron chi connectivity index (χ0n) is 15.7. The highest BCUT2D eigenvalue weighted by atomic mass is 16.5. The van der Waals surface area contributed by atoms with Gasteiger partial charge in [0.2, 0.25) is 0 Å². The summed E-state index contributed by atoms with van der Waals surface area (Å²) in [5, 5.41) is 2.38. The van der Waals surface area contributed by atoms with Crippen LogP contribution in [0.1, 0.15) is 20.7 Å². The number of esters is 3. The molecule has 2 aromatic rings. The molecule has 1 aromatic heterocycles. The summed E-state index contributed by atoms with van der Waals surface area (Å²) in [4.78, 5) is 59.1. The first-order chi connectivity index (χ1) is 13.8. The van der Waals surface area contributed by atoms with Gasteiger partial charge in [0.25, 0.3) is 11.5 Å². The number of hydrogen-bond donors (Lipinski definition) is 1. The summed E-state index contributed by atoms with van der Waals surface area (Å²) in [6, 6.07) is 8.25. The number of ether oxygens (including phenoxy) is 3. The standard InChI is InChI=1S/C19H18N2O8/c1-27-18(25)12-6-7-13(19(26)28-2)14(9-12)20-15(22)11-29-17(24)10-21-8-4-3-5-16(21)23/h3-9H,10-11H2,1-2H3,(H,20,22). The van der Waals surface area contributed by atoms with E-state index in [-0.39, 0.29) is 23.4 Å². The van der Waals surface area contributed by atoms with Gasteiger partial charge in [-0.15, -0.1) is 0 Å². The number of amides is 1. The number of carbonyl (C=O) groups excluding carboxylic acids is 4. The predicted octanol–water partition coefficient (Wildman–Crippen LogP) is 0.603. The smallest absolute Gasteiger partial charge is 0.339 e. The van der Waals surface area contributed by atoms with Gasteiger partial charge in [-0.1, -0.05) is 6.07 Å². The summed E-state index contributed by atoms with van der Waals surface area (Å²) in [6.07, 6.45) is 1.41. The fraction of sp³-hybridized carbons (Fsp3) is 0.211. The number of aromatic nitrogens is 1. The average molecular weight is 402 g/mol. The monoisotopic (exact) mass is 402 g/mol. The minimum atomic E-state index is -0.801. The summed E-state index contributed by atoms with van der Waals surface area (Å²) in [5.74, 6) is -2.97. The van der Waals surface area contributed by atoms with Crippen molar-refractivity contribution in [2.24, 2.45) is 0 Å². The van der Waals surface area contributed by atoms with Gasteiger partial charge in [-0.2, -0.15) is 0 Å². The molecule has 10 heteroatoms. The van der Waals surface area contributed by atoms with E-state index in [1.54, 1.807) is 6.07 Å². The Morgan fingerprint density at radius 3 is 2.38 bits per heavy atom.